The zero-order chi connectivity index (χ0) is 32.3. The fourth-order valence-electron chi connectivity index (χ4n) is 5.25. The minimum Gasteiger partial charge on any atom is -0.455 e. The van der Waals surface area contributed by atoms with Crippen molar-refractivity contribution in [1.82, 2.24) is 9.62 Å². The second-order valence-electron chi connectivity index (χ2n) is 13.3. The molecule has 0 aliphatic heterocycles. The molecule has 0 spiro atoms. The van der Waals surface area contributed by atoms with Gasteiger partial charge in [-0.1, -0.05) is 45.7 Å². The van der Waals surface area contributed by atoms with Crippen molar-refractivity contribution in [2.24, 2.45) is 5.92 Å². The van der Waals surface area contributed by atoms with Gasteiger partial charge in [-0.25, -0.2) is 13.1 Å². The average molecular weight is 651 g/mol. The Labute approximate surface area is 262 Å². The third kappa shape index (κ3) is 13.6. The quantitative estimate of drug-likeness (QED) is 0.0644. The molecule has 2 aromatic rings. The Morgan fingerprint density at radius 2 is 1.67 bits per heavy atom. The minimum atomic E-state index is -3.91. The maximum Gasteiger partial charge on any atom is 0.294 e. The molecule has 43 heavy (non-hydrogen) atoms. The molecule has 0 bridgehead atoms. The molecule has 0 aromatic heterocycles. The van der Waals surface area contributed by atoms with E-state index in [-0.39, 0.29) is 22.8 Å². The molecule has 0 aliphatic rings. The largest absolute Gasteiger partial charge is 0.455 e. The molecule has 0 fully saturated rings. The zero-order valence-electron chi connectivity index (χ0n) is 27.5. The fraction of sp³-hybridized carbons (Fsp3) is 0.613. The van der Waals surface area contributed by atoms with E-state index in [0.29, 0.717) is 18.0 Å². The molecule has 12 heteroatoms. The molecular formula is C31H54N4O5SSi2. The normalized spacial score (nSPS) is 12.7. The molecule has 2 aromatic carbocycles. The first kappa shape index (κ1) is 37.1. The third-order valence-electron chi connectivity index (χ3n) is 7.39. The highest BCUT2D eigenvalue weighted by molar-refractivity contribution is 7.89. The molecule has 0 saturated carbocycles. The zero-order valence-corrected chi connectivity index (χ0v) is 30.4. The second-order valence-corrected chi connectivity index (χ2v) is 23.9. The van der Waals surface area contributed by atoms with Gasteiger partial charge in [0, 0.05) is 24.8 Å². The van der Waals surface area contributed by atoms with Crippen molar-refractivity contribution in [3.05, 3.63) is 58.1 Å². The summed E-state index contributed by atoms with van der Waals surface area (Å²) in [6.07, 6.45) is 5.30. The summed E-state index contributed by atoms with van der Waals surface area (Å²) in [7, 11) is -5.48. The topological polar surface area (TPSA) is 114 Å². The highest BCUT2D eigenvalue weighted by Crippen LogP contribution is 2.31. The number of nitro groups is 1. The maximum atomic E-state index is 13.0. The van der Waals surface area contributed by atoms with Gasteiger partial charge in [0.1, 0.15) is 5.69 Å². The van der Waals surface area contributed by atoms with Gasteiger partial charge < -0.3 is 14.3 Å². The summed E-state index contributed by atoms with van der Waals surface area (Å²) in [5.41, 5.74) is 1.75. The van der Waals surface area contributed by atoms with E-state index in [2.05, 4.69) is 68.9 Å². The number of benzene rings is 2. The van der Waals surface area contributed by atoms with Gasteiger partial charge in [-0.05, 0) is 107 Å². The van der Waals surface area contributed by atoms with E-state index in [1.54, 1.807) is 0 Å². The number of hydrogen-bond donors (Lipinski definition) is 2. The highest BCUT2D eigenvalue weighted by atomic mass is 32.2. The van der Waals surface area contributed by atoms with Gasteiger partial charge in [0.05, 0.1) is 9.82 Å². The summed E-state index contributed by atoms with van der Waals surface area (Å²) in [6, 6.07) is 13.7. The lowest BCUT2D eigenvalue weighted by Gasteiger charge is -2.34. The van der Waals surface area contributed by atoms with E-state index in [0.717, 1.165) is 49.6 Å². The fourth-order valence-corrected chi connectivity index (χ4v) is 15.4. The van der Waals surface area contributed by atoms with Crippen LogP contribution >= 0.6 is 0 Å². The average Bonchev–Trinajstić information content (AvgIpc) is 2.89. The van der Waals surface area contributed by atoms with Crippen LogP contribution in [0.3, 0.4) is 0 Å². The predicted octanol–water partition coefficient (Wildman–Crippen LogP) is 8.10. The van der Waals surface area contributed by atoms with Crippen molar-refractivity contribution in [3.8, 4) is 0 Å². The summed E-state index contributed by atoms with van der Waals surface area (Å²) in [5, 5.41) is 15.1. The Bertz CT molecular complexity index is 1290. The van der Waals surface area contributed by atoms with E-state index in [4.69, 9.17) is 4.12 Å². The first-order valence-electron chi connectivity index (χ1n) is 15.6. The van der Waals surface area contributed by atoms with Crippen LogP contribution in [0, 0.1) is 16.0 Å². The van der Waals surface area contributed by atoms with Crippen LogP contribution in [0.1, 0.15) is 58.4 Å². The van der Waals surface area contributed by atoms with Crippen LogP contribution in [-0.2, 0) is 20.7 Å². The van der Waals surface area contributed by atoms with Crippen LogP contribution in [0.4, 0.5) is 17.1 Å². The van der Waals surface area contributed by atoms with Crippen molar-refractivity contribution < 1.29 is 17.5 Å². The molecule has 2 rings (SSSR count). The number of nitro benzene ring substituents is 1. The lowest BCUT2D eigenvalue weighted by Crippen LogP contribution is -2.44. The number of rotatable bonds is 20. The SMILES string of the molecule is CCCC[Si](C)(C)O[Si](C)(C)CCCNS(=O)(=O)c1ccc(Nc2cccc(CN(C)CCCC(C)C)c2)c([N+](=O)[O-])c1. The summed E-state index contributed by atoms with van der Waals surface area (Å²) >= 11 is 0. The van der Waals surface area contributed by atoms with Crippen LogP contribution in [0.15, 0.2) is 47.4 Å². The molecule has 0 unspecified atom stereocenters. The molecule has 9 nitrogen and oxygen atoms in total. The van der Waals surface area contributed by atoms with Gasteiger partial charge in [-0.3, -0.25) is 10.1 Å². The van der Waals surface area contributed by atoms with E-state index in [9.17, 15) is 18.5 Å². The Balaban J connectivity index is 2.03. The molecule has 0 radical (unpaired) electrons. The summed E-state index contributed by atoms with van der Waals surface area (Å²) in [4.78, 5) is 13.5. The molecule has 242 valence electrons. The number of sulfonamides is 1. The molecule has 0 aliphatic carbocycles. The van der Waals surface area contributed by atoms with Crippen molar-refractivity contribution in [2.75, 3.05) is 25.5 Å². The Morgan fingerprint density at radius 1 is 1.00 bits per heavy atom. The highest BCUT2D eigenvalue weighted by Gasteiger charge is 2.32. The molecule has 0 saturated heterocycles. The smallest absolute Gasteiger partial charge is 0.294 e. The lowest BCUT2D eigenvalue weighted by molar-refractivity contribution is -0.384. The second kappa shape index (κ2) is 16.8. The first-order chi connectivity index (χ1) is 20.0. The number of nitrogens with zero attached hydrogens (tertiary/aromatic N) is 2. The van der Waals surface area contributed by atoms with Gasteiger partial charge in [0.25, 0.3) is 5.69 Å². The number of hydrogen-bond acceptors (Lipinski definition) is 7. The van der Waals surface area contributed by atoms with Crippen LogP contribution in [0.2, 0.25) is 38.3 Å². The Kier molecular flexibility index (Phi) is 14.5. The van der Waals surface area contributed by atoms with Crippen molar-refractivity contribution >= 4 is 43.7 Å². The van der Waals surface area contributed by atoms with Gasteiger partial charge in [0.2, 0.25) is 10.0 Å². The molecule has 0 heterocycles. The van der Waals surface area contributed by atoms with Crippen molar-refractivity contribution in [1.29, 1.82) is 0 Å². The molecule has 2 N–H and O–H groups in total. The van der Waals surface area contributed by atoms with Gasteiger partial charge in [-0.15, -0.1) is 0 Å². The minimum absolute atomic E-state index is 0.123. The summed E-state index contributed by atoms with van der Waals surface area (Å²) in [5.74, 6) is 0.682. The molecular weight excluding hydrogens is 597 g/mol. The Hall–Kier alpha value is -2.10. The number of nitrogens with one attached hydrogen (secondary N) is 2. The standard InChI is InChI=1S/C31H54N4O5SSi2/c1-9-10-21-42(5,6)40-43(7,8)22-13-19-32-41(38,39)29-17-18-30(31(24-29)35(36)37)33-28-16-11-15-27(23-28)25-34(4)20-12-14-26(2)3/h11,15-18,23-24,26,32-33H,9-10,12-14,19-22,25H2,1-8H3. The number of anilines is 2. The monoisotopic (exact) mass is 650 g/mol. The van der Waals surface area contributed by atoms with E-state index >= 15 is 0 Å². The lowest BCUT2D eigenvalue weighted by atomic mass is 10.1. The van der Waals surface area contributed by atoms with E-state index in [1.165, 1.54) is 25.0 Å². The first-order valence-corrected chi connectivity index (χ1v) is 23.3. The van der Waals surface area contributed by atoms with Crippen molar-refractivity contribution in [3.63, 3.8) is 0 Å². The van der Waals surface area contributed by atoms with Crippen LogP contribution < -0.4 is 10.0 Å². The van der Waals surface area contributed by atoms with Gasteiger partial charge in [0.15, 0.2) is 16.6 Å². The van der Waals surface area contributed by atoms with Crippen LogP contribution in [-0.4, -0.2) is 55.0 Å². The number of unbranched alkanes of at least 4 members (excludes halogenated alkanes) is 1. The van der Waals surface area contributed by atoms with Crippen LogP contribution in [0.5, 0.6) is 0 Å². The maximum absolute atomic E-state index is 13.0. The third-order valence-corrected chi connectivity index (χ3v) is 16.4. The predicted molar refractivity (Wildman–Crippen MR) is 184 cm³/mol. The Morgan fingerprint density at radius 3 is 2.30 bits per heavy atom. The van der Waals surface area contributed by atoms with Gasteiger partial charge in [-0.2, -0.15) is 0 Å². The molecule has 0 atom stereocenters. The summed E-state index contributed by atoms with van der Waals surface area (Å²) in [6.45, 7) is 17.6. The van der Waals surface area contributed by atoms with Crippen molar-refractivity contribution in [2.45, 2.75) is 103 Å². The van der Waals surface area contributed by atoms with Gasteiger partial charge >= 0.3 is 0 Å². The van der Waals surface area contributed by atoms with E-state index in [1.807, 2.05) is 24.3 Å². The van der Waals surface area contributed by atoms with Crippen LogP contribution in [0.25, 0.3) is 0 Å². The van der Waals surface area contributed by atoms with E-state index < -0.39 is 31.6 Å². The molecule has 0 amide bonds. The summed E-state index contributed by atoms with van der Waals surface area (Å²) < 4.78 is 35.3.